The fraction of sp³-hybridized carbons (Fsp3) is 0.435. The van der Waals surface area contributed by atoms with Gasteiger partial charge in [0.25, 0.3) is 5.91 Å². The molecule has 0 bridgehead atoms. The molecule has 0 saturated carbocycles. The maximum absolute atomic E-state index is 12.9. The summed E-state index contributed by atoms with van der Waals surface area (Å²) in [4.78, 5) is 15.4. The van der Waals surface area contributed by atoms with Crippen molar-refractivity contribution in [2.24, 2.45) is 0 Å². The Morgan fingerprint density at radius 1 is 0.969 bits per heavy atom. The Kier molecular flexibility index (Phi) is 7.42. The van der Waals surface area contributed by atoms with E-state index >= 15 is 0 Å². The van der Waals surface area contributed by atoms with Crippen LogP contribution in [0.25, 0.3) is 0 Å². The summed E-state index contributed by atoms with van der Waals surface area (Å²) in [7, 11) is -3.60. The first-order valence-corrected chi connectivity index (χ1v) is 13.1. The molecule has 32 heavy (non-hydrogen) atoms. The number of carbonyl (C=O) groups excluding carboxylic acids is 1. The Balaban J connectivity index is 1.36. The van der Waals surface area contributed by atoms with E-state index in [2.05, 4.69) is 10.2 Å². The maximum atomic E-state index is 12.9. The lowest BCUT2D eigenvalue weighted by Crippen LogP contribution is -2.44. The van der Waals surface area contributed by atoms with E-state index in [-0.39, 0.29) is 27.4 Å². The molecule has 0 spiro atoms. The Morgan fingerprint density at radius 2 is 1.62 bits per heavy atom. The number of carbonyl (C=O) groups is 1. The summed E-state index contributed by atoms with van der Waals surface area (Å²) in [6, 6.07) is 12.2. The van der Waals surface area contributed by atoms with Crippen molar-refractivity contribution < 1.29 is 13.2 Å². The van der Waals surface area contributed by atoms with E-state index < -0.39 is 10.0 Å². The molecule has 2 aliphatic heterocycles. The molecule has 2 aromatic rings. The van der Waals surface area contributed by atoms with Crippen molar-refractivity contribution in [2.75, 3.05) is 26.2 Å². The molecule has 2 aliphatic rings. The summed E-state index contributed by atoms with van der Waals surface area (Å²) >= 11 is 12.2. The van der Waals surface area contributed by atoms with E-state index in [4.69, 9.17) is 23.2 Å². The van der Waals surface area contributed by atoms with Crippen LogP contribution in [0.15, 0.2) is 47.4 Å². The van der Waals surface area contributed by atoms with Crippen LogP contribution in [0.2, 0.25) is 10.0 Å². The van der Waals surface area contributed by atoms with E-state index in [0.717, 1.165) is 50.3 Å². The van der Waals surface area contributed by atoms with Gasteiger partial charge in [0.1, 0.15) is 0 Å². The summed E-state index contributed by atoms with van der Waals surface area (Å²) in [6.45, 7) is 3.61. The Labute approximate surface area is 199 Å². The van der Waals surface area contributed by atoms with Crippen molar-refractivity contribution in [3.63, 3.8) is 0 Å². The molecular formula is C23H27Cl2N3O3S. The van der Waals surface area contributed by atoms with Crippen LogP contribution in [-0.2, 0) is 16.6 Å². The highest BCUT2D eigenvalue weighted by Gasteiger charge is 2.29. The molecule has 1 amide bonds. The smallest absolute Gasteiger partial charge is 0.253 e. The number of nitrogens with zero attached hydrogens (tertiary/aromatic N) is 2. The minimum atomic E-state index is -3.60. The predicted octanol–water partition coefficient (Wildman–Crippen LogP) is 4.17. The summed E-state index contributed by atoms with van der Waals surface area (Å²) < 4.78 is 27.2. The SMILES string of the molecule is O=C(NC1CCN(Cc2ccc(Cl)cc2)CC1)c1cc(S(=O)(=O)N2CCCC2)ccc1Cl. The number of hydrogen-bond donors (Lipinski definition) is 1. The molecule has 2 saturated heterocycles. The molecule has 4 rings (SSSR count). The average Bonchev–Trinajstić information content (AvgIpc) is 3.33. The number of hydrogen-bond acceptors (Lipinski definition) is 4. The molecular weight excluding hydrogens is 469 g/mol. The van der Waals surface area contributed by atoms with E-state index in [1.807, 2.05) is 24.3 Å². The van der Waals surface area contributed by atoms with Gasteiger partial charge in [0.05, 0.1) is 15.5 Å². The zero-order valence-electron chi connectivity index (χ0n) is 17.8. The van der Waals surface area contributed by atoms with Gasteiger partial charge in [-0.1, -0.05) is 35.3 Å². The highest BCUT2D eigenvalue weighted by Crippen LogP contribution is 2.26. The third-order valence-corrected chi connectivity index (χ3v) is 8.60. The van der Waals surface area contributed by atoms with Gasteiger partial charge in [0, 0.05) is 43.8 Å². The number of nitrogens with one attached hydrogen (secondary N) is 1. The molecule has 2 heterocycles. The minimum Gasteiger partial charge on any atom is -0.349 e. The molecule has 0 aliphatic carbocycles. The number of sulfonamides is 1. The van der Waals surface area contributed by atoms with E-state index in [9.17, 15) is 13.2 Å². The monoisotopic (exact) mass is 495 g/mol. The number of benzene rings is 2. The topological polar surface area (TPSA) is 69.7 Å². The zero-order chi connectivity index (χ0) is 22.7. The Bertz CT molecular complexity index is 1060. The zero-order valence-corrected chi connectivity index (χ0v) is 20.1. The molecule has 0 unspecified atom stereocenters. The standard InChI is InChI=1S/C23H27Cl2N3O3S/c24-18-5-3-17(4-6-18)16-27-13-9-19(10-14-27)26-23(29)21-15-20(7-8-22(21)25)32(30,31)28-11-1-2-12-28/h3-8,15,19H,1-2,9-14,16H2,(H,26,29). The van der Waals surface area contributed by atoms with Crippen molar-refractivity contribution in [2.45, 2.75) is 43.2 Å². The molecule has 2 fully saturated rings. The number of likely N-dealkylation sites (tertiary alicyclic amines) is 1. The fourth-order valence-electron chi connectivity index (χ4n) is 4.26. The first-order chi connectivity index (χ1) is 15.3. The molecule has 9 heteroatoms. The van der Waals surface area contributed by atoms with Crippen LogP contribution in [0.5, 0.6) is 0 Å². The van der Waals surface area contributed by atoms with Crippen molar-refractivity contribution in [1.82, 2.24) is 14.5 Å². The largest absolute Gasteiger partial charge is 0.349 e. The molecule has 2 aromatic carbocycles. The van der Waals surface area contributed by atoms with Crippen LogP contribution < -0.4 is 5.32 Å². The summed E-state index contributed by atoms with van der Waals surface area (Å²) in [5.41, 5.74) is 1.41. The lowest BCUT2D eigenvalue weighted by atomic mass is 10.0. The van der Waals surface area contributed by atoms with Crippen molar-refractivity contribution in [1.29, 1.82) is 0 Å². The van der Waals surface area contributed by atoms with Crippen LogP contribution in [-0.4, -0.2) is 55.8 Å². The maximum Gasteiger partial charge on any atom is 0.253 e. The van der Waals surface area contributed by atoms with Gasteiger partial charge >= 0.3 is 0 Å². The molecule has 172 valence electrons. The van der Waals surface area contributed by atoms with Crippen LogP contribution in [0.4, 0.5) is 0 Å². The number of amides is 1. The van der Waals surface area contributed by atoms with Gasteiger partial charge < -0.3 is 5.32 Å². The van der Waals surface area contributed by atoms with Crippen LogP contribution in [0.3, 0.4) is 0 Å². The average molecular weight is 496 g/mol. The highest BCUT2D eigenvalue weighted by molar-refractivity contribution is 7.89. The molecule has 0 radical (unpaired) electrons. The Morgan fingerprint density at radius 3 is 2.28 bits per heavy atom. The van der Waals surface area contributed by atoms with Crippen LogP contribution >= 0.6 is 23.2 Å². The van der Waals surface area contributed by atoms with Gasteiger partial charge in [-0.2, -0.15) is 4.31 Å². The first-order valence-electron chi connectivity index (χ1n) is 10.9. The fourth-order valence-corrected chi connectivity index (χ4v) is 6.14. The predicted molar refractivity (Wildman–Crippen MR) is 127 cm³/mol. The third-order valence-electron chi connectivity index (χ3n) is 6.13. The van der Waals surface area contributed by atoms with Crippen LogP contribution in [0.1, 0.15) is 41.6 Å². The van der Waals surface area contributed by atoms with Gasteiger partial charge in [0.15, 0.2) is 0 Å². The quantitative estimate of drug-likeness (QED) is 0.652. The number of halogens is 2. The first kappa shape index (κ1) is 23.5. The van der Waals surface area contributed by atoms with Crippen molar-refractivity contribution >= 4 is 39.1 Å². The van der Waals surface area contributed by atoms with Gasteiger partial charge in [-0.05, 0) is 61.6 Å². The van der Waals surface area contributed by atoms with E-state index in [0.29, 0.717) is 13.1 Å². The van der Waals surface area contributed by atoms with Crippen LogP contribution in [0, 0.1) is 0 Å². The third kappa shape index (κ3) is 5.46. The summed E-state index contributed by atoms with van der Waals surface area (Å²) in [5, 5.41) is 4.02. The number of piperidine rings is 1. The van der Waals surface area contributed by atoms with Gasteiger partial charge in [-0.15, -0.1) is 0 Å². The highest BCUT2D eigenvalue weighted by atomic mass is 35.5. The van der Waals surface area contributed by atoms with Gasteiger partial charge in [0.2, 0.25) is 10.0 Å². The molecule has 0 atom stereocenters. The Hall–Kier alpha value is -1.64. The van der Waals surface area contributed by atoms with Crippen molar-refractivity contribution in [3.05, 3.63) is 63.6 Å². The second kappa shape index (κ2) is 10.1. The molecule has 6 nitrogen and oxygen atoms in total. The van der Waals surface area contributed by atoms with Crippen molar-refractivity contribution in [3.8, 4) is 0 Å². The van der Waals surface area contributed by atoms with Gasteiger partial charge in [-0.25, -0.2) is 8.42 Å². The summed E-state index contributed by atoms with van der Waals surface area (Å²) in [5.74, 6) is -0.329. The second-order valence-corrected chi connectivity index (χ2v) is 11.2. The molecule has 1 N–H and O–H groups in total. The number of rotatable bonds is 6. The second-order valence-electron chi connectivity index (χ2n) is 8.40. The lowest BCUT2D eigenvalue weighted by Gasteiger charge is -2.32. The summed E-state index contributed by atoms with van der Waals surface area (Å²) in [6.07, 6.45) is 3.36. The van der Waals surface area contributed by atoms with E-state index in [1.54, 1.807) is 0 Å². The van der Waals surface area contributed by atoms with Gasteiger partial charge in [-0.3, -0.25) is 9.69 Å². The lowest BCUT2D eigenvalue weighted by molar-refractivity contribution is 0.0909. The minimum absolute atomic E-state index is 0.0267. The molecule has 0 aromatic heterocycles. The normalized spacial score (nSPS) is 18.7. The van der Waals surface area contributed by atoms with E-state index in [1.165, 1.54) is 28.1 Å².